The Morgan fingerprint density at radius 1 is 1.07 bits per heavy atom. The molecule has 1 saturated carbocycles. The first kappa shape index (κ1) is 23.2. The largest absolute Gasteiger partial charge is 0.494 e. The van der Waals surface area contributed by atoms with Gasteiger partial charge in [-0.1, -0.05) is 19.8 Å². The summed E-state index contributed by atoms with van der Waals surface area (Å²) < 4.78 is 10.1. The fourth-order valence-corrected chi connectivity index (χ4v) is 3.22. The van der Waals surface area contributed by atoms with Crippen molar-refractivity contribution >= 4 is 23.8 Å². The predicted octanol–water partition coefficient (Wildman–Crippen LogP) is 1.76. The van der Waals surface area contributed by atoms with Crippen molar-refractivity contribution in [3.63, 3.8) is 0 Å². The number of hydrogen-bond donors (Lipinski definition) is 3. The second-order valence-corrected chi connectivity index (χ2v) is 7.19. The monoisotopic (exact) mass is 419 g/mol. The molecule has 4 amide bonds. The summed E-state index contributed by atoms with van der Waals surface area (Å²) in [6.45, 7) is 3.44. The number of hydrogen-bond acceptors (Lipinski definition) is 6. The molecule has 1 aromatic rings. The maximum atomic E-state index is 12.0. The predicted molar refractivity (Wildman–Crippen MR) is 109 cm³/mol. The van der Waals surface area contributed by atoms with Crippen molar-refractivity contribution in [2.24, 2.45) is 5.92 Å². The van der Waals surface area contributed by atoms with Crippen molar-refractivity contribution in [1.29, 1.82) is 0 Å². The van der Waals surface area contributed by atoms with Gasteiger partial charge < -0.3 is 20.1 Å². The van der Waals surface area contributed by atoms with Crippen LogP contribution in [0.4, 0.5) is 4.79 Å². The standard InChI is InChI=1S/C21H29N3O6/c1-3-29-16-10-8-15(9-11-16)20(27)22-12-19(26)30-13-18(25)24-21(28)23-17-7-5-4-6-14(17)2/h8-11,14,17H,3-7,12-13H2,1-2H3,(H,22,27)(H2,23,24,25,28)/t14-,17+/m1/s1. The molecule has 0 saturated heterocycles. The van der Waals surface area contributed by atoms with E-state index in [2.05, 4.69) is 22.9 Å². The highest BCUT2D eigenvalue weighted by Crippen LogP contribution is 2.23. The third-order valence-corrected chi connectivity index (χ3v) is 4.87. The van der Waals surface area contributed by atoms with Gasteiger partial charge in [-0.2, -0.15) is 0 Å². The minimum absolute atomic E-state index is 0.0342. The summed E-state index contributed by atoms with van der Waals surface area (Å²) in [4.78, 5) is 47.4. The number of carbonyl (C=O) groups excluding carboxylic acids is 4. The SMILES string of the molecule is CCOc1ccc(C(=O)NCC(=O)OCC(=O)NC(=O)N[C@H]2CCCC[C@H]2C)cc1. The Kier molecular flexibility index (Phi) is 9.11. The average Bonchev–Trinajstić information content (AvgIpc) is 2.73. The molecule has 2 atom stereocenters. The first-order valence-corrected chi connectivity index (χ1v) is 10.2. The molecule has 0 spiro atoms. The van der Waals surface area contributed by atoms with Crippen LogP contribution in [-0.4, -0.2) is 49.6 Å². The summed E-state index contributed by atoms with van der Waals surface area (Å²) >= 11 is 0. The zero-order valence-corrected chi connectivity index (χ0v) is 17.4. The lowest BCUT2D eigenvalue weighted by Crippen LogP contribution is -2.48. The molecule has 1 aliphatic rings. The van der Waals surface area contributed by atoms with Crippen molar-refractivity contribution < 1.29 is 28.7 Å². The lowest BCUT2D eigenvalue weighted by atomic mass is 9.86. The molecule has 9 heteroatoms. The van der Waals surface area contributed by atoms with E-state index in [9.17, 15) is 19.2 Å². The molecule has 1 aromatic carbocycles. The maximum Gasteiger partial charge on any atom is 0.325 e. The first-order valence-electron chi connectivity index (χ1n) is 10.2. The van der Waals surface area contributed by atoms with Crippen LogP contribution in [0.2, 0.25) is 0 Å². The quantitative estimate of drug-likeness (QED) is 0.552. The van der Waals surface area contributed by atoms with E-state index in [0.29, 0.717) is 23.8 Å². The van der Waals surface area contributed by atoms with E-state index in [1.807, 2.05) is 6.92 Å². The van der Waals surface area contributed by atoms with Crippen LogP contribution in [0, 0.1) is 5.92 Å². The highest BCUT2D eigenvalue weighted by Gasteiger charge is 2.23. The molecule has 0 aromatic heterocycles. The lowest BCUT2D eigenvalue weighted by molar-refractivity contribution is -0.147. The first-order chi connectivity index (χ1) is 14.4. The van der Waals surface area contributed by atoms with Crippen LogP contribution in [0.3, 0.4) is 0 Å². The van der Waals surface area contributed by atoms with Gasteiger partial charge in [0.2, 0.25) is 0 Å². The molecular formula is C21H29N3O6. The minimum Gasteiger partial charge on any atom is -0.494 e. The van der Waals surface area contributed by atoms with Crippen LogP contribution < -0.4 is 20.7 Å². The van der Waals surface area contributed by atoms with Gasteiger partial charge in [0.25, 0.3) is 11.8 Å². The smallest absolute Gasteiger partial charge is 0.325 e. The molecule has 0 aliphatic heterocycles. The normalized spacial score (nSPS) is 18.1. The topological polar surface area (TPSA) is 123 Å². The van der Waals surface area contributed by atoms with Crippen LogP contribution in [0.15, 0.2) is 24.3 Å². The van der Waals surface area contributed by atoms with Crippen LogP contribution in [0.1, 0.15) is 49.9 Å². The van der Waals surface area contributed by atoms with E-state index >= 15 is 0 Å². The molecule has 164 valence electrons. The summed E-state index contributed by atoms with van der Waals surface area (Å²) in [5, 5.41) is 7.33. The zero-order chi connectivity index (χ0) is 21.9. The number of nitrogens with one attached hydrogen (secondary N) is 3. The Labute approximate surface area is 175 Å². The molecule has 0 bridgehead atoms. The fraction of sp³-hybridized carbons (Fsp3) is 0.524. The average molecular weight is 419 g/mol. The number of esters is 1. The van der Waals surface area contributed by atoms with Crippen LogP contribution in [0.5, 0.6) is 5.75 Å². The van der Waals surface area contributed by atoms with E-state index in [1.54, 1.807) is 24.3 Å². The molecule has 0 heterocycles. The molecule has 1 aliphatic carbocycles. The molecule has 9 nitrogen and oxygen atoms in total. The number of benzene rings is 1. The van der Waals surface area contributed by atoms with Gasteiger partial charge in [0, 0.05) is 11.6 Å². The van der Waals surface area contributed by atoms with E-state index in [0.717, 1.165) is 25.7 Å². The summed E-state index contributed by atoms with van der Waals surface area (Å²) in [5.41, 5.74) is 0.359. The summed E-state index contributed by atoms with van der Waals surface area (Å²) in [5.74, 6) is -0.980. The van der Waals surface area contributed by atoms with E-state index in [-0.39, 0.29) is 6.04 Å². The molecule has 3 N–H and O–H groups in total. The van der Waals surface area contributed by atoms with Gasteiger partial charge in [-0.25, -0.2) is 4.79 Å². The molecule has 30 heavy (non-hydrogen) atoms. The Morgan fingerprint density at radius 3 is 2.43 bits per heavy atom. The van der Waals surface area contributed by atoms with E-state index < -0.39 is 37.0 Å². The number of rotatable bonds is 8. The summed E-state index contributed by atoms with van der Waals surface area (Å²) in [6.07, 6.45) is 4.11. The van der Waals surface area contributed by atoms with Gasteiger partial charge in [-0.05, 0) is 49.9 Å². The lowest BCUT2D eigenvalue weighted by Gasteiger charge is -2.29. The van der Waals surface area contributed by atoms with Crippen LogP contribution in [-0.2, 0) is 14.3 Å². The van der Waals surface area contributed by atoms with Crippen molar-refractivity contribution in [3.8, 4) is 5.75 Å². The highest BCUT2D eigenvalue weighted by atomic mass is 16.5. The molecule has 1 fully saturated rings. The number of urea groups is 1. The van der Waals surface area contributed by atoms with Gasteiger partial charge in [0.1, 0.15) is 12.3 Å². The maximum absolute atomic E-state index is 12.0. The van der Waals surface area contributed by atoms with Gasteiger partial charge in [-0.15, -0.1) is 0 Å². The van der Waals surface area contributed by atoms with Gasteiger partial charge in [-0.3, -0.25) is 19.7 Å². The second kappa shape index (κ2) is 11.8. The minimum atomic E-state index is -0.786. The Hall–Kier alpha value is -3.10. The Balaban J connectivity index is 1.65. The molecule has 2 rings (SSSR count). The molecule has 0 unspecified atom stereocenters. The number of carbonyl (C=O) groups is 4. The van der Waals surface area contributed by atoms with Gasteiger partial charge in [0.15, 0.2) is 6.61 Å². The third kappa shape index (κ3) is 7.73. The second-order valence-electron chi connectivity index (χ2n) is 7.19. The van der Waals surface area contributed by atoms with Crippen molar-refractivity contribution in [3.05, 3.63) is 29.8 Å². The fourth-order valence-electron chi connectivity index (χ4n) is 3.22. The third-order valence-electron chi connectivity index (χ3n) is 4.87. The summed E-state index contributed by atoms with van der Waals surface area (Å²) in [6, 6.07) is 5.89. The zero-order valence-electron chi connectivity index (χ0n) is 17.4. The Morgan fingerprint density at radius 2 is 1.77 bits per heavy atom. The molecular weight excluding hydrogens is 390 g/mol. The molecule has 0 radical (unpaired) electrons. The number of ether oxygens (including phenoxy) is 2. The summed E-state index contributed by atoms with van der Waals surface area (Å²) in [7, 11) is 0. The highest BCUT2D eigenvalue weighted by molar-refractivity contribution is 5.97. The van der Waals surface area contributed by atoms with E-state index in [4.69, 9.17) is 9.47 Å². The van der Waals surface area contributed by atoms with Crippen LogP contribution >= 0.6 is 0 Å². The van der Waals surface area contributed by atoms with Gasteiger partial charge in [0.05, 0.1) is 6.61 Å². The van der Waals surface area contributed by atoms with Crippen molar-refractivity contribution in [2.75, 3.05) is 19.8 Å². The Bertz CT molecular complexity index is 750. The number of imide groups is 1. The number of amides is 4. The van der Waals surface area contributed by atoms with Crippen LogP contribution in [0.25, 0.3) is 0 Å². The van der Waals surface area contributed by atoms with Crippen molar-refractivity contribution in [2.45, 2.75) is 45.6 Å². The van der Waals surface area contributed by atoms with Crippen molar-refractivity contribution in [1.82, 2.24) is 16.0 Å². The van der Waals surface area contributed by atoms with E-state index in [1.165, 1.54) is 0 Å². The van der Waals surface area contributed by atoms with Gasteiger partial charge >= 0.3 is 12.0 Å².